The van der Waals surface area contributed by atoms with Crippen molar-refractivity contribution >= 4 is 11.6 Å². The molecule has 0 unspecified atom stereocenters. The van der Waals surface area contributed by atoms with Crippen LogP contribution in [-0.4, -0.2) is 75.4 Å². The smallest absolute Gasteiger partial charge is 0.191 e. The number of benzene rings is 1. The molecule has 6 heteroatoms. The van der Waals surface area contributed by atoms with Gasteiger partial charge in [0, 0.05) is 57.2 Å². The van der Waals surface area contributed by atoms with E-state index in [1.807, 2.05) is 7.05 Å². The molecule has 3 saturated heterocycles. The number of anilines is 1. The van der Waals surface area contributed by atoms with Crippen molar-refractivity contribution in [2.45, 2.75) is 50.1 Å². The van der Waals surface area contributed by atoms with Gasteiger partial charge in [0.05, 0.1) is 0 Å². The quantitative estimate of drug-likeness (QED) is 0.588. The average molecular weight is 400 g/mol. The molecule has 6 nitrogen and oxygen atoms in total. The lowest BCUT2D eigenvalue weighted by molar-refractivity contribution is -0.0164. The minimum Gasteiger partial charge on any atom is -0.381 e. The Kier molecular flexibility index (Phi) is 6.93. The minimum atomic E-state index is 0.225. The highest BCUT2D eigenvalue weighted by Gasteiger charge is 2.39. The van der Waals surface area contributed by atoms with Gasteiger partial charge in [0.15, 0.2) is 5.96 Å². The minimum absolute atomic E-state index is 0.225. The summed E-state index contributed by atoms with van der Waals surface area (Å²) in [6, 6.07) is 11.2. The van der Waals surface area contributed by atoms with Crippen molar-refractivity contribution in [1.82, 2.24) is 15.5 Å². The fourth-order valence-corrected chi connectivity index (χ4v) is 5.10. The molecule has 3 aliphatic heterocycles. The Hall–Kier alpha value is -1.79. The van der Waals surface area contributed by atoms with Gasteiger partial charge in [0.25, 0.3) is 0 Å². The Bertz CT molecular complexity index is 644. The first-order valence-electron chi connectivity index (χ1n) is 11.4. The SMILES string of the molecule is CN=C(NCC1(N2CCCC2)CCOCC1)NC1CCN(c2ccccc2)CC1. The fraction of sp³-hybridized carbons (Fsp3) is 0.696. The maximum atomic E-state index is 5.68. The van der Waals surface area contributed by atoms with Gasteiger partial charge < -0.3 is 20.3 Å². The fourth-order valence-electron chi connectivity index (χ4n) is 5.10. The number of piperidine rings is 1. The van der Waals surface area contributed by atoms with Crippen LogP contribution in [0.4, 0.5) is 5.69 Å². The predicted molar refractivity (Wildman–Crippen MR) is 120 cm³/mol. The van der Waals surface area contributed by atoms with E-state index in [4.69, 9.17) is 4.74 Å². The van der Waals surface area contributed by atoms with Crippen LogP contribution in [0.25, 0.3) is 0 Å². The van der Waals surface area contributed by atoms with E-state index in [9.17, 15) is 0 Å². The maximum Gasteiger partial charge on any atom is 0.191 e. The van der Waals surface area contributed by atoms with Gasteiger partial charge in [0.2, 0.25) is 0 Å². The van der Waals surface area contributed by atoms with E-state index in [1.54, 1.807) is 0 Å². The molecule has 3 aliphatic rings. The molecule has 3 fully saturated rings. The molecule has 2 N–H and O–H groups in total. The Morgan fingerprint density at radius 2 is 1.76 bits per heavy atom. The van der Waals surface area contributed by atoms with Crippen molar-refractivity contribution in [3.63, 3.8) is 0 Å². The highest BCUT2D eigenvalue weighted by atomic mass is 16.5. The van der Waals surface area contributed by atoms with Crippen LogP contribution in [0.5, 0.6) is 0 Å². The Morgan fingerprint density at radius 1 is 1.07 bits per heavy atom. The van der Waals surface area contributed by atoms with Crippen molar-refractivity contribution in [2.75, 3.05) is 57.9 Å². The third-order valence-electron chi connectivity index (χ3n) is 6.97. The van der Waals surface area contributed by atoms with E-state index >= 15 is 0 Å². The monoisotopic (exact) mass is 399 g/mol. The first-order valence-corrected chi connectivity index (χ1v) is 11.4. The number of hydrogen-bond donors (Lipinski definition) is 2. The molecule has 0 amide bonds. The van der Waals surface area contributed by atoms with Crippen LogP contribution >= 0.6 is 0 Å². The number of rotatable bonds is 5. The maximum absolute atomic E-state index is 5.68. The predicted octanol–water partition coefficient (Wildman–Crippen LogP) is 2.47. The second kappa shape index (κ2) is 9.81. The summed E-state index contributed by atoms with van der Waals surface area (Å²) in [5.74, 6) is 0.952. The third kappa shape index (κ3) is 5.04. The zero-order valence-corrected chi connectivity index (χ0v) is 17.9. The van der Waals surface area contributed by atoms with E-state index in [-0.39, 0.29) is 5.54 Å². The van der Waals surface area contributed by atoms with Crippen molar-refractivity contribution in [3.8, 4) is 0 Å². The van der Waals surface area contributed by atoms with E-state index in [0.29, 0.717) is 6.04 Å². The number of likely N-dealkylation sites (tertiary alicyclic amines) is 1. The van der Waals surface area contributed by atoms with Gasteiger partial charge in [-0.3, -0.25) is 9.89 Å². The molecular weight excluding hydrogens is 362 g/mol. The van der Waals surface area contributed by atoms with E-state index in [2.05, 4.69) is 55.8 Å². The molecule has 0 saturated carbocycles. The molecule has 0 atom stereocenters. The zero-order chi connectivity index (χ0) is 19.9. The third-order valence-corrected chi connectivity index (χ3v) is 6.97. The van der Waals surface area contributed by atoms with Gasteiger partial charge in [0.1, 0.15) is 0 Å². The Balaban J connectivity index is 1.28. The van der Waals surface area contributed by atoms with Crippen molar-refractivity contribution in [1.29, 1.82) is 0 Å². The summed E-state index contributed by atoms with van der Waals surface area (Å²) in [5.41, 5.74) is 1.56. The number of para-hydroxylation sites is 1. The molecule has 4 rings (SSSR count). The lowest BCUT2D eigenvalue weighted by atomic mass is 9.88. The molecule has 0 bridgehead atoms. The number of nitrogens with one attached hydrogen (secondary N) is 2. The molecule has 0 aromatic heterocycles. The number of aliphatic imine (C=N–C) groups is 1. The van der Waals surface area contributed by atoms with Crippen LogP contribution in [0.3, 0.4) is 0 Å². The van der Waals surface area contributed by atoms with Crippen molar-refractivity contribution in [3.05, 3.63) is 30.3 Å². The lowest BCUT2D eigenvalue weighted by Crippen LogP contribution is -2.59. The first kappa shape index (κ1) is 20.5. The van der Waals surface area contributed by atoms with Gasteiger partial charge >= 0.3 is 0 Å². The van der Waals surface area contributed by atoms with Gasteiger partial charge in [-0.25, -0.2) is 0 Å². The van der Waals surface area contributed by atoms with Crippen molar-refractivity contribution < 1.29 is 4.74 Å². The molecule has 0 aliphatic carbocycles. The van der Waals surface area contributed by atoms with Crippen molar-refractivity contribution in [2.24, 2.45) is 4.99 Å². The molecule has 3 heterocycles. The molecule has 0 radical (unpaired) electrons. The second-order valence-corrected chi connectivity index (χ2v) is 8.70. The Morgan fingerprint density at radius 3 is 2.41 bits per heavy atom. The standard InChI is InChI=1S/C23H37N5O/c1-24-22(25-19-23(11-17-29-18-12-23)28-13-5-6-14-28)26-20-9-15-27(16-10-20)21-7-3-2-4-8-21/h2-4,7-8,20H,5-6,9-19H2,1H3,(H2,24,25,26). The highest BCUT2D eigenvalue weighted by molar-refractivity contribution is 5.80. The summed E-state index contributed by atoms with van der Waals surface area (Å²) >= 11 is 0. The van der Waals surface area contributed by atoms with Crippen LogP contribution in [0.15, 0.2) is 35.3 Å². The van der Waals surface area contributed by atoms with Gasteiger partial charge in [-0.15, -0.1) is 0 Å². The highest BCUT2D eigenvalue weighted by Crippen LogP contribution is 2.30. The van der Waals surface area contributed by atoms with E-state index in [1.165, 1.54) is 31.6 Å². The van der Waals surface area contributed by atoms with Gasteiger partial charge in [-0.05, 0) is 63.7 Å². The summed E-state index contributed by atoms with van der Waals surface area (Å²) in [5, 5.41) is 7.36. The second-order valence-electron chi connectivity index (χ2n) is 8.70. The number of nitrogens with zero attached hydrogens (tertiary/aromatic N) is 3. The summed E-state index contributed by atoms with van der Waals surface area (Å²) in [4.78, 5) is 9.72. The normalized spacial score (nSPS) is 23.9. The zero-order valence-electron chi connectivity index (χ0n) is 17.9. The number of ether oxygens (including phenoxy) is 1. The van der Waals surface area contributed by atoms with Crippen LogP contribution in [0.1, 0.15) is 38.5 Å². The van der Waals surface area contributed by atoms with Crippen LogP contribution in [0.2, 0.25) is 0 Å². The molecule has 0 spiro atoms. The molecular formula is C23H37N5O. The number of hydrogen-bond acceptors (Lipinski definition) is 4. The average Bonchev–Trinajstić information content (AvgIpc) is 3.34. The number of guanidine groups is 1. The topological polar surface area (TPSA) is 52.1 Å². The van der Waals surface area contributed by atoms with E-state index in [0.717, 1.165) is 64.5 Å². The summed E-state index contributed by atoms with van der Waals surface area (Å²) < 4.78 is 5.68. The van der Waals surface area contributed by atoms with E-state index < -0.39 is 0 Å². The van der Waals surface area contributed by atoms with Gasteiger partial charge in [-0.2, -0.15) is 0 Å². The van der Waals surface area contributed by atoms with Crippen LogP contribution in [-0.2, 0) is 4.74 Å². The lowest BCUT2D eigenvalue weighted by Gasteiger charge is -2.45. The van der Waals surface area contributed by atoms with Crippen LogP contribution < -0.4 is 15.5 Å². The summed E-state index contributed by atoms with van der Waals surface area (Å²) in [7, 11) is 1.89. The molecule has 1 aromatic carbocycles. The molecule has 160 valence electrons. The summed E-state index contributed by atoms with van der Waals surface area (Å²) in [6.07, 6.45) is 7.17. The molecule has 1 aromatic rings. The Labute approximate surface area is 175 Å². The first-order chi connectivity index (χ1) is 14.3. The largest absolute Gasteiger partial charge is 0.381 e. The van der Waals surface area contributed by atoms with Gasteiger partial charge in [-0.1, -0.05) is 18.2 Å². The van der Waals surface area contributed by atoms with Crippen LogP contribution in [0, 0.1) is 0 Å². The summed E-state index contributed by atoms with van der Waals surface area (Å²) in [6.45, 7) is 7.35. The molecule has 29 heavy (non-hydrogen) atoms.